The molecule has 0 spiro atoms. The van der Waals surface area contributed by atoms with Crippen LogP contribution >= 0.6 is 0 Å². The first-order valence-corrected chi connectivity index (χ1v) is 10.6. The van der Waals surface area contributed by atoms with Gasteiger partial charge in [0.1, 0.15) is 0 Å². The molecule has 0 aliphatic rings. The minimum atomic E-state index is -6.78. The number of carbonyl (C=O) groups excluding carboxylic acids is 1. The number of hydrogen-bond donors (Lipinski definition) is 1. The zero-order valence-corrected chi connectivity index (χ0v) is 15.9. The van der Waals surface area contributed by atoms with Gasteiger partial charge >= 0.3 is 11.0 Å². The number of amides is 1. The zero-order chi connectivity index (χ0) is 22.1. The molecule has 1 N–H and O–H groups in total. The van der Waals surface area contributed by atoms with Gasteiger partial charge in [0, 0.05) is 11.6 Å². The summed E-state index contributed by atoms with van der Waals surface area (Å²) in [6.45, 7) is 3.26. The van der Waals surface area contributed by atoms with Crippen molar-refractivity contribution >= 4 is 31.3 Å². The number of rotatable bonds is 6. The van der Waals surface area contributed by atoms with E-state index in [4.69, 9.17) is 0 Å². The highest BCUT2D eigenvalue weighted by Gasteiger charge is 2.63. The van der Waals surface area contributed by atoms with Crippen LogP contribution in [0.5, 0.6) is 0 Å². The van der Waals surface area contributed by atoms with Gasteiger partial charge in [0.25, 0.3) is 19.7 Å². The van der Waals surface area contributed by atoms with Crippen molar-refractivity contribution in [1.82, 2.24) is 0 Å². The highest BCUT2D eigenvalue weighted by atomic mass is 32.3. The first kappa shape index (κ1) is 24.2. The van der Waals surface area contributed by atoms with Crippen molar-refractivity contribution in [3.05, 3.63) is 29.8 Å². The van der Waals surface area contributed by atoms with Gasteiger partial charge in [-0.15, -0.1) is 0 Å². The van der Waals surface area contributed by atoms with E-state index in [-0.39, 0.29) is 5.69 Å². The predicted molar refractivity (Wildman–Crippen MR) is 87.2 cm³/mol. The Bertz CT molecular complexity index is 876. The highest BCUT2D eigenvalue weighted by Crippen LogP contribution is 2.44. The van der Waals surface area contributed by atoms with Gasteiger partial charge in [-0.25, -0.2) is 16.8 Å². The summed E-state index contributed by atoms with van der Waals surface area (Å²) < 4.78 is 119. The van der Waals surface area contributed by atoms with E-state index in [0.29, 0.717) is 18.6 Å². The molecule has 14 heteroatoms. The van der Waals surface area contributed by atoms with Gasteiger partial charge in [-0.2, -0.15) is 26.3 Å². The van der Waals surface area contributed by atoms with E-state index in [1.807, 2.05) is 0 Å². The first-order valence-electron chi connectivity index (χ1n) is 7.48. The number of sulfone groups is 2. The molecule has 0 bridgehead atoms. The smallest absolute Gasteiger partial charge is 0.326 e. The van der Waals surface area contributed by atoms with Crippen molar-refractivity contribution in [3.63, 3.8) is 0 Å². The summed E-state index contributed by atoms with van der Waals surface area (Å²) in [5.74, 6) is -0.957. The van der Waals surface area contributed by atoms with Crippen LogP contribution in [0.3, 0.4) is 0 Å². The molecule has 6 nitrogen and oxygen atoms in total. The molecule has 1 aromatic carbocycles. The lowest BCUT2D eigenvalue weighted by atomic mass is 10.1. The van der Waals surface area contributed by atoms with Crippen LogP contribution in [0.1, 0.15) is 30.4 Å². The second-order valence-electron chi connectivity index (χ2n) is 5.73. The lowest BCUT2D eigenvalue weighted by Crippen LogP contribution is -2.39. The quantitative estimate of drug-likeness (QED) is 0.662. The minimum Gasteiger partial charge on any atom is -0.326 e. The zero-order valence-electron chi connectivity index (χ0n) is 14.3. The Hall–Kier alpha value is -1.83. The monoisotopic (exact) mass is 455 g/mol. The summed E-state index contributed by atoms with van der Waals surface area (Å²) in [4.78, 5) is 11.7. The third-order valence-electron chi connectivity index (χ3n) is 3.72. The molecule has 1 aromatic rings. The summed E-state index contributed by atoms with van der Waals surface area (Å²) in [7, 11) is -13.6. The number of hydrogen-bond acceptors (Lipinski definition) is 5. The van der Waals surface area contributed by atoms with Crippen LogP contribution in [-0.4, -0.2) is 33.8 Å². The number of benzene rings is 1. The molecule has 0 aliphatic carbocycles. The Kier molecular flexibility index (Phi) is 6.82. The van der Waals surface area contributed by atoms with Crippen LogP contribution < -0.4 is 5.32 Å². The number of halogens is 6. The number of carbonyl (C=O) groups is 1. The summed E-state index contributed by atoms with van der Waals surface area (Å²) >= 11 is 0. The molecule has 0 saturated heterocycles. The molecule has 0 aliphatic heterocycles. The molecule has 28 heavy (non-hydrogen) atoms. The molecule has 0 radical (unpaired) electrons. The third-order valence-corrected chi connectivity index (χ3v) is 8.20. The van der Waals surface area contributed by atoms with Crippen molar-refractivity contribution in [2.24, 2.45) is 5.92 Å². The fourth-order valence-corrected chi connectivity index (χ4v) is 5.45. The molecule has 160 valence electrons. The van der Waals surface area contributed by atoms with Crippen molar-refractivity contribution in [2.45, 2.75) is 35.9 Å². The predicted octanol–water partition coefficient (Wildman–Crippen LogP) is 3.54. The maximum absolute atomic E-state index is 12.8. The van der Waals surface area contributed by atoms with Crippen LogP contribution in [0.2, 0.25) is 0 Å². The van der Waals surface area contributed by atoms with Crippen molar-refractivity contribution in [3.8, 4) is 0 Å². The van der Waals surface area contributed by atoms with E-state index in [1.165, 1.54) is 0 Å². The molecular formula is C14H15F6NO5S2. The summed E-state index contributed by atoms with van der Waals surface area (Å²) in [5.41, 5.74) is -13.8. The average molecular weight is 455 g/mol. The second-order valence-corrected chi connectivity index (χ2v) is 10.1. The fraction of sp³-hybridized carbons (Fsp3) is 0.500. The van der Waals surface area contributed by atoms with Gasteiger partial charge in [-0.05, 0) is 24.1 Å². The largest absolute Gasteiger partial charge is 0.499 e. The summed E-state index contributed by atoms with van der Waals surface area (Å²) in [5, 5.41) is 2.31. The van der Waals surface area contributed by atoms with Gasteiger partial charge in [0.15, 0.2) is 0 Å². The van der Waals surface area contributed by atoms with Gasteiger partial charge < -0.3 is 5.32 Å². The van der Waals surface area contributed by atoms with Gasteiger partial charge in [-0.3, -0.25) is 4.79 Å². The average Bonchev–Trinajstić information content (AvgIpc) is 2.53. The third kappa shape index (κ3) is 4.77. The normalized spacial score (nSPS) is 14.8. The number of nitrogens with one attached hydrogen (secondary N) is 1. The van der Waals surface area contributed by atoms with E-state index in [1.54, 1.807) is 13.8 Å². The molecular weight excluding hydrogens is 440 g/mol. The Morgan fingerprint density at radius 2 is 1.32 bits per heavy atom. The molecule has 1 atom stereocenters. The van der Waals surface area contributed by atoms with Gasteiger partial charge in [-0.1, -0.05) is 26.0 Å². The van der Waals surface area contributed by atoms with E-state index in [2.05, 4.69) is 5.32 Å². The fourth-order valence-electron chi connectivity index (χ4n) is 1.94. The topological polar surface area (TPSA) is 97.4 Å². The molecule has 1 rings (SSSR count). The number of anilines is 1. The molecule has 1 amide bonds. The molecule has 0 aromatic heterocycles. The standard InChI is InChI=1S/C14H15F6NO5S2/c1-3-8(2)11(22)21-10-6-4-9(5-7-10)12(27(23,24)13(15,16)17)28(25,26)14(18,19)20/h4-8,12H,3H2,1-2H3,(H,21,22). The van der Waals surface area contributed by atoms with Crippen LogP contribution in [-0.2, 0) is 24.5 Å². The van der Waals surface area contributed by atoms with E-state index in [0.717, 1.165) is 12.1 Å². The SMILES string of the molecule is CCC(C)C(=O)Nc1ccc(C(S(=O)(=O)C(F)(F)F)S(=O)(=O)C(F)(F)F)cc1. The Labute approximate surface area is 156 Å². The summed E-state index contributed by atoms with van der Waals surface area (Å²) in [6.07, 6.45) is 0.444. The number of alkyl halides is 6. The van der Waals surface area contributed by atoms with Gasteiger partial charge in [0.2, 0.25) is 10.5 Å². The van der Waals surface area contributed by atoms with Crippen molar-refractivity contribution < 1.29 is 48.0 Å². The van der Waals surface area contributed by atoms with Crippen LogP contribution in [0.4, 0.5) is 32.0 Å². The van der Waals surface area contributed by atoms with Gasteiger partial charge in [0.05, 0.1) is 0 Å². The Balaban J connectivity index is 3.48. The molecule has 0 fully saturated rings. The highest BCUT2D eigenvalue weighted by molar-refractivity contribution is 8.09. The van der Waals surface area contributed by atoms with E-state index < -0.39 is 52.7 Å². The van der Waals surface area contributed by atoms with E-state index in [9.17, 15) is 48.0 Å². The van der Waals surface area contributed by atoms with Crippen LogP contribution in [0.25, 0.3) is 0 Å². The second kappa shape index (κ2) is 7.89. The molecule has 1 unspecified atom stereocenters. The van der Waals surface area contributed by atoms with Crippen molar-refractivity contribution in [1.29, 1.82) is 0 Å². The first-order chi connectivity index (χ1) is 12.5. The lowest BCUT2D eigenvalue weighted by Gasteiger charge is -2.21. The molecule has 0 saturated carbocycles. The molecule has 0 heterocycles. The lowest BCUT2D eigenvalue weighted by molar-refractivity contribution is -0.119. The minimum absolute atomic E-state index is 0.0680. The van der Waals surface area contributed by atoms with Crippen LogP contribution in [0.15, 0.2) is 24.3 Å². The van der Waals surface area contributed by atoms with Crippen LogP contribution in [0, 0.1) is 5.92 Å². The maximum atomic E-state index is 12.8. The van der Waals surface area contributed by atoms with E-state index >= 15 is 0 Å². The van der Waals surface area contributed by atoms with Crippen molar-refractivity contribution in [2.75, 3.05) is 5.32 Å². The summed E-state index contributed by atoms with van der Waals surface area (Å²) in [6, 6.07) is 2.54. The Morgan fingerprint density at radius 1 is 0.929 bits per heavy atom. The maximum Gasteiger partial charge on any atom is 0.499 e. The Morgan fingerprint density at radius 3 is 1.64 bits per heavy atom.